The van der Waals surface area contributed by atoms with Gasteiger partial charge in [-0.25, -0.2) is 22.7 Å². The Morgan fingerprint density at radius 1 is 1.21 bits per heavy atom. The van der Waals surface area contributed by atoms with Crippen LogP contribution in [0.4, 0.5) is 32.2 Å². The van der Waals surface area contributed by atoms with Crippen molar-refractivity contribution in [2.75, 3.05) is 25.9 Å². The molecular weight excluding hydrogens is 522 g/mol. The van der Waals surface area contributed by atoms with E-state index in [1.165, 1.54) is 25.3 Å². The van der Waals surface area contributed by atoms with Crippen LogP contribution in [-0.4, -0.2) is 69.6 Å². The molecule has 3 atom stereocenters. The van der Waals surface area contributed by atoms with Crippen LogP contribution in [0.1, 0.15) is 22.3 Å². The highest BCUT2D eigenvalue weighted by molar-refractivity contribution is 5.98. The number of ether oxygens (including phenoxy) is 1. The van der Waals surface area contributed by atoms with Crippen LogP contribution in [-0.2, 0) is 11.0 Å². The van der Waals surface area contributed by atoms with Gasteiger partial charge in [0.05, 0.1) is 36.5 Å². The smallest absolute Gasteiger partial charge is 0.418 e. The number of nitrogen functional groups attached to an aromatic ring is 1. The van der Waals surface area contributed by atoms with Crippen LogP contribution in [0.2, 0.25) is 0 Å². The number of nitrogens with one attached hydrogen (secondary N) is 1. The lowest BCUT2D eigenvalue weighted by Gasteiger charge is -2.18. The van der Waals surface area contributed by atoms with E-state index in [4.69, 9.17) is 10.5 Å². The van der Waals surface area contributed by atoms with Crippen LogP contribution in [0.3, 0.4) is 0 Å². The Morgan fingerprint density at radius 3 is 2.55 bits per heavy atom. The number of fused-ring (bicyclic) bond motifs is 1. The van der Waals surface area contributed by atoms with Crippen molar-refractivity contribution in [2.24, 2.45) is 5.92 Å². The van der Waals surface area contributed by atoms with Gasteiger partial charge >= 0.3 is 6.18 Å². The van der Waals surface area contributed by atoms with Crippen molar-refractivity contribution in [3.05, 3.63) is 41.7 Å². The topological polar surface area (TPSA) is 115 Å². The van der Waals surface area contributed by atoms with Crippen LogP contribution in [0, 0.1) is 5.92 Å². The molecule has 2 amide bonds. The lowest BCUT2D eigenvalue weighted by Crippen LogP contribution is -2.42. The molecule has 9 nitrogen and oxygen atoms in total. The number of benzene rings is 1. The second-order valence-electron chi connectivity index (χ2n) is 9.12. The van der Waals surface area contributed by atoms with Crippen molar-refractivity contribution in [2.45, 2.75) is 30.7 Å². The Labute approximate surface area is 210 Å². The van der Waals surface area contributed by atoms with Gasteiger partial charge in [0.15, 0.2) is 5.82 Å². The summed E-state index contributed by atoms with van der Waals surface area (Å²) in [5.41, 5.74) is 4.08. The van der Waals surface area contributed by atoms with E-state index >= 15 is 0 Å². The van der Waals surface area contributed by atoms with E-state index in [0.717, 1.165) is 21.8 Å². The van der Waals surface area contributed by atoms with Gasteiger partial charge < -0.3 is 20.7 Å². The lowest BCUT2D eigenvalue weighted by atomic mass is 10.1. The molecule has 2 aliphatic rings. The van der Waals surface area contributed by atoms with Crippen LogP contribution in [0.25, 0.3) is 16.8 Å². The third-order valence-corrected chi connectivity index (χ3v) is 6.63. The number of hydrogen-bond acceptors (Lipinski definition) is 6. The Bertz CT molecular complexity index is 1440. The van der Waals surface area contributed by atoms with Gasteiger partial charge in [0.25, 0.3) is 11.8 Å². The standard InChI is InChI=1S/C23H20F6N6O3/c1-38-17-3-2-10(16-5-12(23(27,28)29)18-19(30)31-9-32-35(16)18)4-11(17)20(36)33-15-8-34(7-14(15)24)21(37)13-6-22(13,25)26/h2-5,9,13-15H,6-8H2,1H3,(H,33,36)(H2,30,31,32)/t13?,14-,15+/m0/s1. The van der Waals surface area contributed by atoms with Gasteiger partial charge in [-0.2, -0.15) is 18.3 Å². The molecule has 0 spiro atoms. The number of methoxy groups -OCH3 is 1. The molecule has 0 bridgehead atoms. The zero-order chi connectivity index (χ0) is 27.6. The van der Waals surface area contributed by atoms with Crippen molar-refractivity contribution in [1.29, 1.82) is 0 Å². The summed E-state index contributed by atoms with van der Waals surface area (Å²) in [6, 6.07) is 3.61. The summed E-state index contributed by atoms with van der Waals surface area (Å²) in [4.78, 5) is 29.9. The van der Waals surface area contributed by atoms with Crippen molar-refractivity contribution in [1.82, 2.24) is 24.8 Å². The first-order chi connectivity index (χ1) is 17.8. The van der Waals surface area contributed by atoms with E-state index < -0.39 is 71.9 Å². The number of alkyl halides is 6. The maximum absolute atomic E-state index is 14.6. The van der Waals surface area contributed by atoms with Gasteiger partial charge in [-0.1, -0.05) is 0 Å². The number of nitrogens with two attached hydrogens (primary N) is 1. The average molecular weight is 542 g/mol. The molecule has 3 heterocycles. The fourth-order valence-corrected chi connectivity index (χ4v) is 4.56. The molecule has 3 N–H and O–H groups in total. The molecule has 1 unspecified atom stereocenters. The van der Waals surface area contributed by atoms with Crippen molar-refractivity contribution in [3.8, 4) is 17.0 Å². The number of hydrogen-bond donors (Lipinski definition) is 2. The Hall–Kier alpha value is -4.04. The van der Waals surface area contributed by atoms with E-state index in [1.807, 2.05) is 0 Å². The summed E-state index contributed by atoms with van der Waals surface area (Å²) in [6.07, 6.45) is -6.11. The van der Waals surface area contributed by atoms with E-state index in [-0.39, 0.29) is 29.1 Å². The fraction of sp³-hybridized carbons (Fsp3) is 0.391. The quantitative estimate of drug-likeness (QED) is 0.480. The summed E-state index contributed by atoms with van der Waals surface area (Å²) in [5, 5.41) is 6.30. The minimum Gasteiger partial charge on any atom is -0.496 e. The highest BCUT2D eigenvalue weighted by atomic mass is 19.4. The molecular formula is C23H20F6N6O3. The molecule has 2 fully saturated rings. The Balaban J connectivity index is 1.44. The molecule has 15 heteroatoms. The van der Waals surface area contributed by atoms with Crippen molar-refractivity contribution in [3.63, 3.8) is 0 Å². The van der Waals surface area contributed by atoms with E-state index in [0.29, 0.717) is 0 Å². The number of likely N-dealkylation sites (tertiary alicyclic amines) is 1. The Kier molecular flexibility index (Phi) is 5.91. The van der Waals surface area contributed by atoms with Gasteiger partial charge in [0, 0.05) is 18.5 Å². The van der Waals surface area contributed by atoms with Crippen LogP contribution in [0.5, 0.6) is 5.75 Å². The third kappa shape index (κ3) is 4.35. The molecule has 1 aliphatic heterocycles. The summed E-state index contributed by atoms with van der Waals surface area (Å²) in [5.74, 6) is -6.68. The normalized spacial score (nSPS) is 22.5. The molecule has 1 aliphatic carbocycles. The zero-order valence-electron chi connectivity index (χ0n) is 19.6. The molecule has 1 saturated carbocycles. The van der Waals surface area contributed by atoms with Crippen LogP contribution in [0.15, 0.2) is 30.6 Å². The number of carbonyl (C=O) groups is 2. The van der Waals surface area contributed by atoms with Gasteiger partial charge in [0.1, 0.15) is 29.7 Å². The summed E-state index contributed by atoms with van der Waals surface area (Å²) in [6.45, 7) is -0.764. The number of nitrogens with zero attached hydrogens (tertiary/aromatic N) is 4. The van der Waals surface area contributed by atoms with Crippen molar-refractivity contribution < 1.29 is 40.7 Å². The van der Waals surface area contributed by atoms with Crippen LogP contribution < -0.4 is 15.8 Å². The first-order valence-corrected chi connectivity index (χ1v) is 11.3. The fourth-order valence-electron chi connectivity index (χ4n) is 4.56. The number of aromatic nitrogens is 3. The van der Waals surface area contributed by atoms with Gasteiger partial charge in [-0.15, -0.1) is 0 Å². The molecule has 3 aromatic rings. The lowest BCUT2D eigenvalue weighted by molar-refractivity contribution is -0.136. The molecule has 38 heavy (non-hydrogen) atoms. The highest BCUT2D eigenvalue weighted by Crippen LogP contribution is 2.50. The number of halogens is 6. The third-order valence-electron chi connectivity index (χ3n) is 6.63. The maximum atomic E-state index is 14.6. The number of rotatable bonds is 5. The molecule has 2 aromatic heterocycles. The minimum atomic E-state index is -4.78. The van der Waals surface area contributed by atoms with Gasteiger partial charge in [0.2, 0.25) is 5.91 Å². The predicted octanol–water partition coefficient (Wildman–Crippen LogP) is 2.94. The van der Waals surface area contributed by atoms with Gasteiger partial charge in [-0.3, -0.25) is 9.59 Å². The second-order valence-corrected chi connectivity index (χ2v) is 9.12. The summed E-state index contributed by atoms with van der Waals surface area (Å²) in [7, 11) is 1.26. The van der Waals surface area contributed by atoms with Gasteiger partial charge in [-0.05, 0) is 24.3 Å². The molecule has 1 saturated heterocycles. The van der Waals surface area contributed by atoms with Crippen molar-refractivity contribution >= 4 is 23.1 Å². The van der Waals surface area contributed by atoms with E-state index in [9.17, 15) is 35.9 Å². The zero-order valence-corrected chi connectivity index (χ0v) is 19.6. The first-order valence-electron chi connectivity index (χ1n) is 11.3. The molecule has 5 rings (SSSR count). The maximum Gasteiger partial charge on any atom is 0.418 e. The van der Waals surface area contributed by atoms with Crippen LogP contribution >= 0.6 is 0 Å². The van der Waals surface area contributed by atoms with E-state index in [1.54, 1.807) is 0 Å². The number of anilines is 1. The second kappa shape index (κ2) is 8.77. The molecule has 1 aromatic carbocycles. The monoisotopic (exact) mass is 542 g/mol. The largest absolute Gasteiger partial charge is 0.496 e. The molecule has 202 valence electrons. The SMILES string of the molecule is COc1ccc(-c2cc(C(F)(F)F)c3c(N)ncnn23)cc1C(=O)N[C@@H]1CN(C(=O)C2CC2(F)F)C[C@@H]1F. The highest BCUT2D eigenvalue weighted by Gasteiger charge is 2.63. The first kappa shape index (κ1) is 25.6. The van der Waals surface area contributed by atoms with E-state index in [2.05, 4.69) is 15.4 Å². The number of amides is 2. The predicted molar refractivity (Wildman–Crippen MR) is 120 cm³/mol. The molecule has 0 radical (unpaired) electrons. The minimum absolute atomic E-state index is 0.0382. The average Bonchev–Trinajstić information content (AvgIpc) is 3.16. The summed E-state index contributed by atoms with van der Waals surface area (Å²) >= 11 is 0. The summed E-state index contributed by atoms with van der Waals surface area (Å²) < 4.78 is 88.4. The Morgan fingerprint density at radius 2 is 1.92 bits per heavy atom. The number of carbonyl (C=O) groups excluding carboxylic acids is 2.